The van der Waals surface area contributed by atoms with E-state index in [1.165, 1.54) is 18.5 Å². The van der Waals surface area contributed by atoms with Gasteiger partial charge in [0.15, 0.2) is 11.6 Å². The Kier molecular flexibility index (Phi) is 5.87. The van der Waals surface area contributed by atoms with Gasteiger partial charge < -0.3 is 10.2 Å². The smallest absolute Gasteiger partial charge is 0.256 e. The van der Waals surface area contributed by atoms with Crippen molar-refractivity contribution in [2.45, 2.75) is 19.3 Å². The summed E-state index contributed by atoms with van der Waals surface area (Å²) < 4.78 is 27.5. The molecule has 154 valence electrons. The Morgan fingerprint density at radius 3 is 2.90 bits per heavy atom. The predicted molar refractivity (Wildman–Crippen MR) is 106 cm³/mol. The fourth-order valence-corrected chi connectivity index (χ4v) is 3.62. The third-order valence-electron chi connectivity index (χ3n) is 5.03. The molecule has 1 N–H and O–H groups in total. The zero-order valence-electron chi connectivity index (χ0n) is 16.1. The average Bonchev–Trinajstić information content (AvgIpc) is 2.76. The maximum absolute atomic E-state index is 14.0. The summed E-state index contributed by atoms with van der Waals surface area (Å²) in [5.74, 6) is -1.25. The van der Waals surface area contributed by atoms with E-state index in [1.807, 2.05) is 6.07 Å². The van der Waals surface area contributed by atoms with Crippen LogP contribution in [0.25, 0.3) is 0 Å². The van der Waals surface area contributed by atoms with Crippen LogP contribution >= 0.6 is 0 Å². The molecule has 1 saturated heterocycles. The van der Waals surface area contributed by atoms with Crippen molar-refractivity contribution in [3.8, 4) is 0 Å². The number of halogens is 2. The Morgan fingerprint density at radius 1 is 1.17 bits per heavy atom. The first-order valence-corrected chi connectivity index (χ1v) is 9.67. The van der Waals surface area contributed by atoms with Gasteiger partial charge in [0.25, 0.3) is 5.91 Å². The second kappa shape index (κ2) is 8.89. The van der Waals surface area contributed by atoms with Crippen molar-refractivity contribution < 1.29 is 13.6 Å². The van der Waals surface area contributed by atoms with E-state index >= 15 is 0 Å². The molecule has 7 nitrogen and oxygen atoms in total. The monoisotopic (exact) mass is 410 g/mol. The number of nitrogens with zero attached hydrogens (tertiary/aromatic N) is 5. The van der Waals surface area contributed by atoms with Crippen LogP contribution < -0.4 is 5.32 Å². The summed E-state index contributed by atoms with van der Waals surface area (Å²) in [6.45, 7) is 0.986. The van der Waals surface area contributed by atoms with Crippen LogP contribution in [0.1, 0.15) is 28.9 Å². The van der Waals surface area contributed by atoms with Crippen LogP contribution in [-0.4, -0.2) is 43.8 Å². The fourth-order valence-electron chi connectivity index (χ4n) is 3.62. The molecule has 1 aliphatic heterocycles. The van der Waals surface area contributed by atoms with Crippen LogP contribution in [0.3, 0.4) is 0 Å². The van der Waals surface area contributed by atoms with Gasteiger partial charge in [0.1, 0.15) is 18.0 Å². The summed E-state index contributed by atoms with van der Waals surface area (Å²) in [5.41, 5.74) is 0.598. The first-order chi connectivity index (χ1) is 14.6. The molecule has 3 heterocycles. The van der Waals surface area contributed by atoms with E-state index in [0.29, 0.717) is 31.1 Å². The topological polar surface area (TPSA) is 83.9 Å². The van der Waals surface area contributed by atoms with Gasteiger partial charge in [0.05, 0.1) is 11.8 Å². The molecule has 0 bridgehead atoms. The van der Waals surface area contributed by atoms with Gasteiger partial charge in [-0.2, -0.15) is 0 Å². The van der Waals surface area contributed by atoms with E-state index in [2.05, 4.69) is 25.3 Å². The number of benzene rings is 1. The molecule has 9 heteroatoms. The number of anilines is 2. The number of hydrogen-bond donors (Lipinski definition) is 1. The van der Waals surface area contributed by atoms with Gasteiger partial charge in [-0.3, -0.25) is 9.78 Å². The number of nitrogens with one attached hydrogen (secondary N) is 1. The van der Waals surface area contributed by atoms with Crippen molar-refractivity contribution in [3.05, 3.63) is 72.1 Å². The van der Waals surface area contributed by atoms with Gasteiger partial charge in [-0.05, 0) is 37.3 Å². The van der Waals surface area contributed by atoms with Gasteiger partial charge in [-0.1, -0.05) is 6.07 Å². The van der Waals surface area contributed by atoms with Crippen LogP contribution in [0, 0.1) is 17.6 Å². The molecule has 0 aliphatic carbocycles. The lowest BCUT2D eigenvalue weighted by atomic mass is 9.92. The summed E-state index contributed by atoms with van der Waals surface area (Å²) in [7, 11) is 0. The van der Waals surface area contributed by atoms with Crippen molar-refractivity contribution >= 4 is 17.5 Å². The van der Waals surface area contributed by atoms with Gasteiger partial charge in [-0.25, -0.2) is 23.7 Å². The van der Waals surface area contributed by atoms with Gasteiger partial charge in [0, 0.05) is 37.2 Å². The number of hydrogen-bond acceptors (Lipinski definition) is 6. The third-order valence-corrected chi connectivity index (χ3v) is 5.03. The van der Waals surface area contributed by atoms with Gasteiger partial charge in [0.2, 0.25) is 0 Å². The summed E-state index contributed by atoms with van der Waals surface area (Å²) in [5, 5.41) is 3.08. The van der Waals surface area contributed by atoms with E-state index in [1.54, 1.807) is 23.5 Å². The lowest BCUT2D eigenvalue weighted by Crippen LogP contribution is -2.41. The number of aromatic nitrogens is 4. The van der Waals surface area contributed by atoms with Gasteiger partial charge >= 0.3 is 0 Å². The maximum Gasteiger partial charge on any atom is 0.256 e. The minimum atomic E-state index is -1.10. The van der Waals surface area contributed by atoms with E-state index in [9.17, 15) is 13.6 Å². The molecule has 1 aromatic carbocycles. The SMILES string of the molecule is O=C(c1cccc(F)c1F)N1CCC[C@H](Cc2cc(Nc3cnccn3)ncn2)C1. The average molecular weight is 410 g/mol. The molecule has 0 radical (unpaired) electrons. The highest BCUT2D eigenvalue weighted by molar-refractivity contribution is 5.94. The largest absolute Gasteiger partial charge is 0.338 e. The summed E-state index contributed by atoms with van der Waals surface area (Å²) >= 11 is 0. The van der Waals surface area contributed by atoms with Crippen molar-refractivity contribution in [3.63, 3.8) is 0 Å². The summed E-state index contributed by atoms with van der Waals surface area (Å²) in [4.78, 5) is 31.0. The third kappa shape index (κ3) is 4.56. The molecule has 3 aromatic rings. The molecule has 0 saturated carbocycles. The number of carbonyl (C=O) groups excluding carboxylic acids is 1. The minimum absolute atomic E-state index is 0.165. The zero-order valence-corrected chi connectivity index (χ0v) is 16.1. The van der Waals surface area contributed by atoms with Crippen LogP contribution in [0.2, 0.25) is 0 Å². The van der Waals surface area contributed by atoms with Crippen LogP contribution in [0.4, 0.5) is 20.4 Å². The lowest BCUT2D eigenvalue weighted by molar-refractivity contribution is 0.0667. The molecule has 1 atom stereocenters. The lowest BCUT2D eigenvalue weighted by Gasteiger charge is -2.33. The van der Waals surface area contributed by atoms with Crippen LogP contribution in [0.5, 0.6) is 0 Å². The highest BCUT2D eigenvalue weighted by Crippen LogP contribution is 2.24. The second-order valence-electron chi connectivity index (χ2n) is 7.18. The zero-order chi connectivity index (χ0) is 20.9. The number of piperidine rings is 1. The Balaban J connectivity index is 1.42. The maximum atomic E-state index is 14.0. The fraction of sp³-hybridized carbons (Fsp3) is 0.286. The second-order valence-corrected chi connectivity index (χ2v) is 7.18. The van der Waals surface area contributed by atoms with Crippen molar-refractivity contribution in [1.82, 2.24) is 24.8 Å². The van der Waals surface area contributed by atoms with E-state index in [4.69, 9.17) is 0 Å². The predicted octanol–water partition coefficient (Wildman–Crippen LogP) is 3.38. The first-order valence-electron chi connectivity index (χ1n) is 9.67. The van der Waals surface area contributed by atoms with E-state index < -0.39 is 17.5 Å². The van der Waals surface area contributed by atoms with Crippen LogP contribution in [-0.2, 0) is 6.42 Å². The first kappa shape index (κ1) is 19.8. The molecule has 1 aliphatic rings. The Labute approximate surface area is 172 Å². The van der Waals surface area contributed by atoms with Crippen molar-refractivity contribution in [1.29, 1.82) is 0 Å². The molecule has 2 aromatic heterocycles. The number of carbonyl (C=O) groups is 1. The molecule has 1 fully saturated rings. The molecular formula is C21H20F2N6O. The molecule has 0 unspecified atom stereocenters. The molecule has 4 rings (SSSR count). The highest BCUT2D eigenvalue weighted by Gasteiger charge is 2.27. The number of amides is 1. The van der Waals surface area contributed by atoms with Crippen molar-refractivity contribution in [2.75, 3.05) is 18.4 Å². The Hall–Kier alpha value is -3.49. The molecular weight excluding hydrogens is 390 g/mol. The van der Waals surface area contributed by atoms with Crippen LogP contribution in [0.15, 0.2) is 49.2 Å². The molecule has 1 amide bonds. The number of rotatable bonds is 5. The Morgan fingerprint density at radius 2 is 2.07 bits per heavy atom. The minimum Gasteiger partial charge on any atom is -0.338 e. The standard InChI is InChI=1S/C21H20F2N6O/c22-17-5-1-4-16(20(17)23)21(30)29-8-2-3-14(12-29)9-15-10-18(27-13-26-15)28-19-11-24-6-7-25-19/h1,4-7,10-11,13-14H,2-3,8-9,12H2,(H,25,26,27,28)/t14-/m1/s1. The summed E-state index contributed by atoms with van der Waals surface area (Å²) in [6.07, 6.45) is 8.60. The van der Waals surface area contributed by atoms with Gasteiger partial charge in [-0.15, -0.1) is 0 Å². The molecule has 30 heavy (non-hydrogen) atoms. The highest BCUT2D eigenvalue weighted by atomic mass is 19.2. The normalized spacial score (nSPS) is 16.3. The van der Waals surface area contributed by atoms with Crippen molar-refractivity contribution in [2.24, 2.45) is 5.92 Å². The number of likely N-dealkylation sites (tertiary alicyclic amines) is 1. The molecule has 0 spiro atoms. The van der Waals surface area contributed by atoms with E-state index in [-0.39, 0.29) is 11.5 Å². The quantitative estimate of drug-likeness (QED) is 0.694. The summed E-state index contributed by atoms with van der Waals surface area (Å²) in [6, 6.07) is 5.51. The Bertz CT molecular complexity index is 1030. The van der Waals surface area contributed by atoms with E-state index in [0.717, 1.165) is 24.6 Å².